The molecule has 0 unspecified atom stereocenters. The number of rotatable bonds is 8. The Bertz CT molecular complexity index is 263. The van der Waals surface area contributed by atoms with E-state index in [1.807, 2.05) is 11.5 Å². The second kappa shape index (κ2) is 7.36. The topological polar surface area (TPSA) is 49.2 Å². The first-order valence-corrected chi connectivity index (χ1v) is 5.31. The van der Waals surface area contributed by atoms with Crippen LogP contribution in [0.1, 0.15) is 19.2 Å². The molecular weight excluding hydrogens is 194 g/mol. The van der Waals surface area contributed by atoms with Crippen molar-refractivity contribution in [2.75, 3.05) is 26.9 Å². The Morgan fingerprint density at radius 3 is 3.00 bits per heavy atom. The second-order valence-corrected chi connectivity index (χ2v) is 3.23. The highest BCUT2D eigenvalue weighted by Gasteiger charge is 2.03. The first-order chi connectivity index (χ1) is 7.38. The van der Waals surface area contributed by atoms with Gasteiger partial charge in [-0.05, 0) is 13.3 Å². The summed E-state index contributed by atoms with van der Waals surface area (Å²) in [6.07, 6.45) is 3.64. The fraction of sp³-hybridized carbons (Fsp3) is 0.800. The predicted octanol–water partition coefficient (Wildman–Crippen LogP) is 0.894. The van der Waals surface area contributed by atoms with Gasteiger partial charge in [-0.2, -0.15) is 0 Å². The number of nitrogens with zero attached hydrogens (tertiary/aromatic N) is 3. The third kappa shape index (κ3) is 4.40. The number of aryl methyl sites for hydroxylation is 1. The Hall–Kier alpha value is -0.940. The van der Waals surface area contributed by atoms with E-state index in [0.29, 0.717) is 6.61 Å². The highest BCUT2D eigenvalue weighted by molar-refractivity contribution is 4.85. The van der Waals surface area contributed by atoms with Crippen LogP contribution >= 0.6 is 0 Å². The summed E-state index contributed by atoms with van der Waals surface area (Å²) in [6, 6.07) is 0. The van der Waals surface area contributed by atoms with Crippen molar-refractivity contribution in [2.24, 2.45) is 0 Å². The van der Waals surface area contributed by atoms with E-state index < -0.39 is 0 Å². The highest BCUT2D eigenvalue weighted by Crippen LogP contribution is 2.00. The summed E-state index contributed by atoms with van der Waals surface area (Å²) in [5, 5.41) is 7.96. The van der Waals surface area contributed by atoms with Crippen LogP contribution in [-0.2, 0) is 22.4 Å². The van der Waals surface area contributed by atoms with Crippen LogP contribution in [0.4, 0.5) is 0 Å². The Morgan fingerprint density at radius 1 is 1.40 bits per heavy atom. The van der Waals surface area contributed by atoms with Gasteiger partial charge in [-0.25, -0.2) is 0 Å². The fourth-order valence-corrected chi connectivity index (χ4v) is 1.33. The van der Waals surface area contributed by atoms with Gasteiger partial charge in [-0.1, -0.05) is 0 Å². The maximum Gasteiger partial charge on any atom is 0.132 e. The standard InChI is InChI=1S/C10H19N3O2/c1-3-15-7-4-5-10-12-11-9-13(10)6-8-14-2/h9H,3-8H2,1-2H3. The van der Waals surface area contributed by atoms with Gasteiger partial charge >= 0.3 is 0 Å². The molecule has 1 aromatic rings. The lowest BCUT2D eigenvalue weighted by atomic mass is 10.3. The first-order valence-electron chi connectivity index (χ1n) is 5.31. The van der Waals surface area contributed by atoms with Crippen molar-refractivity contribution in [1.29, 1.82) is 0 Å². The van der Waals surface area contributed by atoms with E-state index in [2.05, 4.69) is 10.2 Å². The zero-order valence-corrected chi connectivity index (χ0v) is 9.48. The summed E-state index contributed by atoms with van der Waals surface area (Å²) in [5.74, 6) is 1.01. The summed E-state index contributed by atoms with van der Waals surface area (Å²) in [5.41, 5.74) is 0. The molecule has 0 atom stereocenters. The van der Waals surface area contributed by atoms with E-state index in [4.69, 9.17) is 9.47 Å². The van der Waals surface area contributed by atoms with Gasteiger partial charge in [-0.15, -0.1) is 10.2 Å². The van der Waals surface area contributed by atoms with E-state index in [1.165, 1.54) is 0 Å². The quantitative estimate of drug-likeness (QED) is 0.602. The zero-order chi connectivity index (χ0) is 10.9. The monoisotopic (exact) mass is 213 g/mol. The van der Waals surface area contributed by atoms with Crippen LogP contribution < -0.4 is 0 Å². The van der Waals surface area contributed by atoms with Crippen LogP contribution in [0.25, 0.3) is 0 Å². The van der Waals surface area contributed by atoms with E-state index in [0.717, 1.165) is 38.4 Å². The molecule has 86 valence electrons. The zero-order valence-electron chi connectivity index (χ0n) is 9.48. The lowest BCUT2D eigenvalue weighted by Crippen LogP contribution is -2.08. The molecule has 1 rings (SSSR count). The minimum Gasteiger partial charge on any atom is -0.383 e. The van der Waals surface area contributed by atoms with Crippen LogP contribution in [0, 0.1) is 0 Å². The van der Waals surface area contributed by atoms with Crippen molar-refractivity contribution in [1.82, 2.24) is 14.8 Å². The molecule has 0 aliphatic heterocycles. The molecule has 1 aromatic heterocycles. The average molecular weight is 213 g/mol. The summed E-state index contributed by atoms with van der Waals surface area (Å²) in [6.45, 7) is 5.06. The highest BCUT2D eigenvalue weighted by atomic mass is 16.5. The Balaban J connectivity index is 2.29. The molecule has 0 N–H and O–H groups in total. The molecule has 0 aliphatic rings. The normalized spacial score (nSPS) is 10.8. The minimum absolute atomic E-state index is 0.691. The van der Waals surface area contributed by atoms with E-state index in [9.17, 15) is 0 Å². The number of ether oxygens (including phenoxy) is 2. The van der Waals surface area contributed by atoms with Crippen molar-refractivity contribution in [3.8, 4) is 0 Å². The van der Waals surface area contributed by atoms with Gasteiger partial charge in [0.1, 0.15) is 12.2 Å². The van der Waals surface area contributed by atoms with Crippen molar-refractivity contribution in [3.63, 3.8) is 0 Å². The molecule has 0 spiro atoms. The SMILES string of the molecule is CCOCCCc1nncn1CCOC. The Kier molecular flexibility index (Phi) is 5.96. The van der Waals surface area contributed by atoms with Crippen LogP contribution in [0.5, 0.6) is 0 Å². The van der Waals surface area contributed by atoms with E-state index in [1.54, 1.807) is 13.4 Å². The third-order valence-electron chi connectivity index (χ3n) is 2.13. The van der Waals surface area contributed by atoms with Crippen molar-refractivity contribution >= 4 is 0 Å². The molecule has 0 saturated heterocycles. The number of hydrogen-bond acceptors (Lipinski definition) is 4. The largest absolute Gasteiger partial charge is 0.383 e. The fourth-order valence-electron chi connectivity index (χ4n) is 1.33. The first kappa shape index (κ1) is 12.1. The molecule has 0 amide bonds. The molecule has 15 heavy (non-hydrogen) atoms. The summed E-state index contributed by atoms with van der Waals surface area (Å²) in [7, 11) is 1.69. The number of aromatic nitrogens is 3. The van der Waals surface area contributed by atoms with Crippen molar-refractivity contribution < 1.29 is 9.47 Å². The maximum absolute atomic E-state index is 5.27. The molecule has 5 heteroatoms. The average Bonchev–Trinajstić information content (AvgIpc) is 2.69. The van der Waals surface area contributed by atoms with Crippen LogP contribution in [0.3, 0.4) is 0 Å². The Morgan fingerprint density at radius 2 is 2.27 bits per heavy atom. The van der Waals surface area contributed by atoms with Gasteiger partial charge in [0.05, 0.1) is 6.61 Å². The van der Waals surface area contributed by atoms with Gasteiger partial charge < -0.3 is 14.0 Å². The summed E-state index contributed by atoms with van der Waals surface area (Å²) >= 11 is 0. The lowest BCUT2D eigenvalue weighted by molar-refractivity contribution is 0.144. The molecule has 1 heterocycles. The van der Waals surface area contributed by atoms with E-state index in [-0.39, 0.29) is 0 Å². The molecule has 0 fully saturated rings. The van der Waals surface area contributed by atoms with Gasteiger partial charge in [-0.3, -0.25) is 0 Å². The van der Waals surface area contributed by atoms with Crippen LogP contribution in [-0.4, -0.2) is 41.7 Å². The molecule has 0 aromatic carbocycles. The van der Waals surface area contributed by atoms with Gasteiger partial charge in [0.2, 0.25) is 0 Å². The van der Waals surface area contributed by atoms with Gasteiger partial charge in [0, 0.05) is 33.3 Å². The molecular formula is C10H19N3O2. The molecule has 0 radical (unpaired) electrons. The molecule has 5 nitrogen and oxygen atoms in total. The van der Waals surface area contributed by atoms with Gasteiger partial charge in [0.25, 0.3) is 0 Å². The smallest absolute Gasteiger partial charge is 0.132 e. The van der Waals surface area contributed by atoms with Crippen LogP contribution in [0.2, 0.25) is 0 Å². The second-order valence-electron chi connectivity index (χ2n) is 3.23. The lowest BCUT2D eigenvalue weighted by Gasteiger charge is -2.05. The Labute approximate surface area is 90.4 Å². The predicted molar refractivity (Wildman–Crippen MR) is 56.7 cm³/mol. The summed E-state index contributed by atoms with van der Waals surface area (Å²) in [4.78, 5) is 0. The third-order valence-corrected chi connectivity index (χ3v) is 2.13. The molecule has 0 aliphatic carbocycles. The maximum atomic E-state index is 5.27. The number of methoxy groups -OCH3 is 1. The minimum atomic E-state index is 0.691. The number of hydrogen-bond donors (Lipinski definition) is 0. The van der Waals surface area contributed by atoms with Gasteiger partial charge in [0.15, 0.2) is 0 Å². The van der Waals surface area contributed by atoms with Crippen molar-refractivity contribution in [3.05, 3.63) is 12.2 Å². The summed E-state index contributed by atoms with van der Waals surface area (Å²) < 4.78 is 12.3. The van der Waals surface area contributed by atoms with Crippen LogP contribution in [0.15, 0.2) is 6.33 Å². The molecule has 0 saturated carbocycles. The van der Waals surface area contributed by atoms with E-state index >= 15 is 0 Å². The van der Waals surface area contributed by atoms with Crippen molar-refractivity contribution in [2.45, 2.75) is 26.3 Å². The molecule has 0 bridgehead atoms.